The molecule has 1 aromatic carbocycles. The van der Waals surface area contributed by atoms with Gasteiger partial charge in [-0.3, -0.25) is 9.59 Å². The van der Waals surface area contributed by atoms with Gasteiger partial charge in [-0.1, -0.05) is 20.3 Å². The van der Waals surface area contributed by atoms with Gasteiger partial charge in [0.1, 0.15) is 11.6 Å². The van der Waals surface area contributed by atoms with E-state index < -0.39 is 28.9 Å². The molecule has 1 aromatic rings. The molecule has 0 spiro atoms. The summed E-state index contributed by atoms with van der Waals surface area (Å²) >= 11 is 0. The zero-order chi connectivity index (χ0) is 13.4. The van der Waals surface area contributed by atoms with Crippen molar-refractivity contribution in [2.24, 2.45) is 5.92 Å². The molecule has 2 rings (SSSR count). The van der Waals surface area contributed by atoms with Crippen molar-refractivity contribution in [3.05, 3.63) is 29.3 Å². The van der Waals surface area contributed by atoms with Crippen molar-refractivity contribution in [2.45, 2.75) is 20.3 Å². The number of ketones is 1. The highest BCUT2D eigenvalue weighted by atomic mass is 19.1. The van der Waals surface area contributed by atoms with Gasteiger partial charge in [-0.25, -0.2) is 8.78 Å². The number of amides is 1. The minimum Gasteiger partial charge on any atom is -0.302 e. The van der Waals surface area contributed by atoms with Gasteiger partial charge in [-0.05, 0) is 18.1 Å². The number of hydrogen-bond acceptors (Lipinski definition) is 2. The Balaban J connectivity index is 2.51. The quantitative estimate of drug-likeness (QED) is 0.776. The molecule has 1 aliphatic rings. The topological polar surface area (TPSA) is 37.4 Å². The van der Waals surface area contributed by atoms with Crippen molar-refractivity contribution in [2.75, 3.05) is 11.4 Å². The number of halogens is 2. The Bertz CT molecular complexity index is 528. The Labute approximate surface area is 103 Å². The molecule has 1 unspecified atom stereocenters. The lowest BCUT2D eigenvalue weighted by Gasteiger charge is -2.20. The van der Waals surface area contributed by atoms with Gasteiger partial charge in [0.05, 0.1) is 11.3 Å². The Kier molecular flexibility index (Phi) is 3.15. The number of carbonyl (C=O) groups excluding carboxylic acids is 2. The molecule has 3 nitrogen and oxygen atoms in total. The highest BCUT2D eigenvalue weighted by molar-refractivity contribution is 6.52. The number of carbonyl (C=O) groups is 2. The number of benzene rings is 1. The van der Waals surface area contributed by atoms with Crippen molar-refractivity contribution in [3.63, 3.8) is 0 Å². The lowest BCUT2D eigenvalue weighted by Crippen LogP contribution is -2.33. The van der Waals surface area contributed by atoms with Crippen molar-refractivity contribution in [3.8, 4) is 0 Å². The van der Waals surface area contributed by atoms with E-state index in [9.17, 15) is 18.4 Å². The van der Waals surface area contributed by atoms with Crippen LogP contribution in [-0.2, 0) is 4.79 Å². The van der Waals surface area contributed by atoms with E-state index in [0.29, 0.717) is 0 Å². The third kappa shape index (κ3) is 1.79. The summed E-state index contributed by atoms with van der Waals surface area (Å²) < 4.78 is 27.2. The van der Waals surface area contributed by atoms with Crippen molar-refractivity contribution >= 4 is 17.4 Å². The van der Waals surface area contributed by atoms with Gasteiger partial charge >= 0.3 is 0 Å². The second-order valence-corrected chi connectivity index (χ2v) is 4.51. The lowest BCUT2D eigenvalue weighted by molar-refractivity contribution is -0.114. The fourth-order valence-corrected chi connectivity index (χ4v) is 1.97. The predicted octanol–water partition coefficient (Wildman–Crippen LogP) is 2.54. The summed E-state index contributed by atoms with van der Waals surface area (Å²) in [4.78, 5) is 24.5. The van der Waals surface area contributed by atoms with E-state index in [-0.39, 0.29) is 18.2 Å². The molecule has 1 aliphatic heterocycles. The maximum absolute atomic E-state index is 13.7. The van der Waals surface area contributed by atoms with Crippen LogP contribution in [0.25, 0.3) is 0 Å². The second-order valence-electron chi connectivity index (χ2n) is 4.51. The molecular weight excluding hydrogens is 240 g/mol. The zero-order valence-corrected chi connectivity index (χ0v) is 10.2. The van der Waals surface area contributed by atoms with E-state index in [1.165, 1.54) is 0 Å². The SMILES string of the molecule is CCC(C)CN1C(=O)C(=O)c2c(F)ccc(F)c21. The van der Waals surface area contributed by atoms with Crippen LogP contribution in [0.2, 0.25) is 0 Å². The summed E-state index contributed by atoms with van der Waals surface area (Å²) in [7, 11) is 0. The average Bonchev–Trinajstić information content (AvgIpc) is 2.60. The number of hydrogen-bond donors (Lipinski definition) is 0. The fourth-order valence-electron chi connectivity index (χ4n) is 1.97. The monoisotopic (exact) mass is 253 g/mol. The zero-order valence-electron chi connectivity index (χ0n) is 10.2. The maximum atomic E-state index is 13.7. The molecule has 96 valence electrons. The molecule has 1 atom stereocenters. The van der Waals surface area contributed by atoms with Crippen LogP contribution < -0.4 is 4.90 Å². The molecule has 1 heterocycles. The lowest BCUT2D eigenvalue weighted by atomic mass is 10.1. The van der Waals surface area contributed by atoms with Crippen LogP contribution in [0.3, 0.4) is 0 Å². The first-order chi connectivity index (χ1) is 8.47. The van der Waals surface area contributed by atoms with Crippen LogP contribution in [0.4, 0.5) is 14.5 Å². The maximum Gasteiger partial charge on any atom is 0.299 e. The van der Waals surface area contributed by atoms with Gasteiger partial charge in [-0.15, -0.1) is 0 Å². The van der Waals surface area contributed by atoms with Gasteiger partial charge in [0, 0.05) is 6.54 Å². The Hall–Kier alpha value is -1.78. The fraction of sp³-hybridized carbons (Fsp3) is 0.385. The molecule has 18 heavy (non-hydrogen) atoms. The summed E-state index contributed by atoms with van der Waals surface area (Å²) in [6, 6.07) is 1.80. The summed E-state index contributed by atoms with van der Waals surface area (Å²) in [5.74, 6) is -3.31. The third-order valence-electron chi connectivity index (χ3n) is 3.21. The summed E-state index contributed by atoms with van der Waals surface area (Å²) in [6.45, 7) is 4.03. The molecule has 1 amide bonds. The molecule has 0 fully saturated rings. The second kappa shape index (κ2) is 4.48. The van der Waals surface area contributed by atoms with Crippen LogP contribution in [0, 0.1) is 17.6 Å². The molecule has 5 heteroatoms. The van der Waals surface area contributed by atoms with Gasteiger partial charge in [0.25, 0.3) is 11.7 Å². The molecule has 0 aromatic heterocycles. The Morgan fingerprint density at radius 2 is 1.83 bits per heavy atom. The third-order valence-corrected chi connectivity index (χ3v) is 3.21. The normalized spacial score (nSPS) is 16.1. The van der Waals surface area contributed by atoms with E-state index in [1.807, 2.05) is 13.8 Å². The minimum atomic E-state index is -0.967. The van der Waals surface area contributed by atoms with Crippen LogP contribution in [-0.4, -0.2) is 18.2 Å². The smallest absolute Gasteiger partial charge is 0.299 e. The number of anilines is 1. The van der Waals surface area contributed by atoms with Crippen LogP contribution in [0.5, 0.6) is 0 Å². The van der Waals surface area contributed by atoms with Crippen molar-refractivity contribution < 1.29 is 18.4 Å². The largest absolute Gasteiger partial charge is 0.302 e. The number of Topliss-reactive ketones (excluding diaryl/α,β-unsaturated/α-hetero) is 1. The first-order valence-electron chi connectivity index (χ1n) is 5.81. The number of rotatable bonds is 3. The molecule has 0 saturated carbocycles. The van der Waals surface area contributed by atoms with E-state index in [1.54, 1.807) is 0 Å². The summed E-state index contributed by atoms with van der Waals surface area (Å²) in [5, 5.41) is 0. The molecule has 0 radical (unpaired) electrons. The summed E-state index contributed by atoms with van der Waals surface area (Å²) in [6.07, 6.45) is 0.782. The average molecular weight is 253 g/mol. The molecular formula is C13H13F2NO2. The molecule has 0 N–H and O–H groups in total. The minimum absolute atomic E-state index is 0.107. The molecule has 0 saturated heterocycles. The van der Waals surface area contributed by atoms with Crippen molar-refractivity contribution in [1.29, 1.82) is 0 Å². The number of fused-ring (bicyclic) bond motifs is 1. The van der Waals surface area contributed by atoms with E-state index >= 15 is 0 Å². The van der Waals surface area contributed by atoms with Gasteiger partial charge < -0.3 is 4.90 Å². The molecule has 0 bridgehead atoms. The van der Waals surface area contributed by atoms with Crippen LogP contribution >= 0.6 is 0 Å². The van der Waals surface area contributed by atoms with Gasteiger partial charge in [0.2, 0.25) is 0 Å². The Morgan fingerprint density at radius 1 is 1.22 bits per heavy atom. The first kappa shape index (κ1) is 12.7. The van der Waals surface area contributed by atoms with Gasteiger partial charge in [-0.2, -0.15) is 0 Å². The Morgan fingerprint density at radius 3 is 2.44 bits per heavy atom. The standard InChI is InChI=1S/C13H13F2NO2/c1-3-7(2)6-16-11-9(15)5-4-8(14)10(11)12(17)13(16)18/h4-5,7H,3,6H2,1-2H3. The first-order valence-corrected chi connectivity index (χ1v) is 5.81. The van der Waals surface area contributed by atoms with Crippen LogP contribution in [0.1, 0.15) is 30.6 Å². The van der Waals surface area contributed by atoms with Gasteiger partial charge in [0.15, 0.2) is 0 Å². The highest BCUT2D eigenvalue weighted by Gasteiger charge is 2.40. The van der Waals surface area contributed by atoms with Crippen molar-refractivity contribution in [1.82, 2.24) is 0 Å². The van der Waals surface area contributed by atoms with Crippen LogP contribution in [0.15, 0.2) is 12.1 Å². The molecule has 0 aliphatic carbocycles. The summed E-state index contributed by atoms with van der Waals surface area (Å²) in [5.41, 5.74) is -0.659. The number of nitrogens with zero attached hydrogens (tertiary/aromatic N) is 1. The van der Waals surface area contributed by atoms with E-state index in [0.717, 1.165) is 23.5 Å². The highest BCUT2D eigenvalue weighted by Crippen LogP contribution is 2.34. The van der Waals surface area contributed by atoms with E-state index in [2.05, 4.69) is 0 Å². The predicted molar refractivity (Wildman–Crippen MR) is 62.5 cm³/mol. The van der Waals surface area contributed by atoms with E-state index in [4.69, 9.17) is 0 Å².